The molecule has 0 bridgehead atoms. The number of benzene rings is 2. The normalized spacial score (nSPS) is 11.1. The third-order valence-electron chi connectivity index (χ3n) is 3.86. The lowest BCUT2D eigenvalue weighted by Gasteiger charge is -2.10. The second kappa shape index (κ2) is 10.3. The van der Waals surface area contributed by atoms with E-state index in [4.69, 9.17) is 18.9 Å². The highest BCUT2D eigenvalue weighted by Gasteiger charge is 2.09. The molecule has 0 aliphatic carbocycles. The molecule has 2 aromatic carbocycles. The van der Waals surface area contributed by atoms with Crippen LogP contribution in [0.3, 0.4) is 0 Å². The number of carbonyl (C=O) groups is 1. The Kier molecular flexibility index (Phi) is 8.14. The van der Waals surface area contributed by atoms with Crippen molar-refractivity contribution in [3.05, 3.63) is 56.5 Å². The van der Waals surface area contributed by atoms with Gasteiger partial charge in [-0.2, -0.15) is 0 Å². The van der Waals surface area contributed by atoms with E-state index in [2.05, 4.69) is 31.9 Å². The predicted molar refractivity (Wildman–Crippen MR) is 118 cm³/mol. The number of rotatable bonds is 8. The van der Waals surface area contributed by atoms with Crippen LogP contribution in [0.5, 0.6) is 23.0 Å². The summed E-state index contributed by atoms with van der Waals surface area (Å²) in [6, 6.07) is 7.17. The van der Waals surface area contributed by atoms with Gasteiger partial charge in [-0.25, -0.2) is 0 Å². The molecule has 0 spiro atoms. The van der Waals surface area contributed by atoms with Crippen LogP contribution in [0.15, 0.2) is 45.4 Å². The van der Waals surface area contributed by atoms with Gasteiger partial charge in [0.2, 0.25) is 0 Å². The van der Waals surface area contributed by atoms with E-state index in [0.29, 0.717) is 23.0 Å². The Morgan fingerprint density at radius 3 is 1.32 bits per heavy atom. The lowest BCUT2D eigenvalue weighted by atomic mass is 10.1. The fourth-order valence-electron chi connectivity index (χ4n) is 2.39. The first kappa shape index (κ1) is 22.0. The number of carbonyl (C=O) groups excluding carboxylic acids is 1. The highest BCUT2D eigenvalue weighted by molar-refractivity contribution is 9.10. The van der Waals surface area contributed by atoms with E-state index in [-0.39, 0.29) is 5.78 Å². The largest absolute Gasteiger partial charge is 0.493 e. The van der Waals surface area contributed by atoms with Crippen LogP contribution in [0, 0.1) is 0 Å². The van der Waals surface area contributed by atoms with Gasteiger partial charge in [0, 0.05) is 8.95 Å². The second-order valence-corrected chi connectivity index (χ2v) is 7.24. The Hall–Kier alpha value is -2.25. The first-order valence-corrected chi connectivity index (χ1v) is 9.75. The van der Waals surface area contributed by atoms with Crippen molar-refractivity contribution in [3.63, 3.8) is 0 Å². The molecule has 7 heteroatoms. The number of hydrogen-bond acceptors (Lipinski definition) is 5. The molecule has 0 radical (unpaired) electrons. The van der Waals surface area contributed by atoms with E-state index >= 15 is 0 Å². The van der Waals surface area contributed by atoms with E-state index in [1.807, 2.05) is 0 Å². The summed E-state index contributed by atoms with van der Waals surface area (Å²) in [5, 5.41) is 0. The maximum atomic E-state index is 12.3. The van der Waals surface area contributed by atoms with Crippen LogP contribution in [0.4, 0.5) is 0 Å². The van der Waals surface area contributed by atoms with Gasteiger partial charge >= 0.3 is 0 Å². The van der Waals surface area contributed by atoms with Gasteiger partial charge in [0.15, 0.2) is 28.8 Å². The summed E-state index contributed by atoms with van der Waals surface area (Å²) in [7, 11) is 6.27. The minimum atomic E-state index is -0.164. The molecular weight excluding hydrogens is 492 g/mol. The van der Waals surface area contributed by atoms with Gasteiger partial charge in [-0.3, -0.25) is 4.79 Å². The first-order valence-electron chi connectivity index (χ1n) is 8.16. The standard InChI is InChI=1S/C21H20Br2O5/c1-25-18-9-13(16(22)11-20(18)27-3)5-7-15(24)8-6-14-10-19(26-2)21(28-4)12-17(14)23/h5-12H,1-4H3/b7-5+,8-6+. The minimum absolute atomic E-state index is 0.164. The molecule has 0 aromatic heterocycles. The highest BCUT2D eigenvalue weighted by atomic mass is 79.9. The second-order valence-electron chi connectivity index (χ2n) is 5.53. The van der Waals surface area contributed by atoms with E-state index in [1.165, 1.54) is 12.2 Å². The van der Waals surface area contributed by atoms with Crippen molar-refractivity contribution in [1.82, 2.24) is 0 Å². The molecule has 0 N–H and O–H groups in total. The SMILES string of the molecule is COc1cc(Br)c(/C=C/C(=O)/C=C/c2cc(OC)c(OC)cc2Br)cc1OC. The van der Waals surface area contributed by atoms with Gasteiger partial charge in [-0.1, -0.05) is 31.9 Å². The third kappa shape index (κ3) is 5.39. The Bertz CT molecular complexity index is 846. The van der Waals surface area contributed by atoms with Crippen molar-refractivity contribution in [2.75, 3.05) is 28.4 Å². The molecule has 0 fully saturated rings. The summed E-state index contributed by atoms with van der Waals surface area (Å²) >= 11 is 6.94. The number of allylic oxidation sites excluding steroid dienone is 2. The minimum Gasteiger partial charge on any atom is -0.493 e. The van der Waals surface area contributed by atoms with Gasteiger partial charge in [-0.15, -0.1) is 0 Å². The Morgan fingerprint density at radius 2 is 1.00 bits per heavy atom. The van der Waals surface area contributed by atoms with Crippen LogP contribution in [0.1, 0.15) is 11.1 Å². The highest BCUT2D eigenvalue weighted by Crippen LogP contribution is 2.35. The zero-order valence-electron chi connectivity index (χ0n) is 15.9. The molecular formula is C21H20Br2O5. The summed E-state index contributed by atoms with van der Waals surface area (Å²) in [5.74, 6) is 2.22. The maximum absolute atomic E-state index is 12.3. The number of halogens is 2. The zero-order valence-corrected chi connectivity index (χ0v) is 19.1. The monoisotopic (exact) mass is 510 g/mol. The molecule has 0 unspecified atom stereocenters. The van der Waals surface area contributed by atoms with Gasteiger partial charge < -0.3 is 18.9 Å². The van der Waals surface area contributed by atoms with Crippen LogP contribution in [0.25, 0.3) is 12.2 Å². The molecule has 2 aromatic rings. The predicted octanol–water partition coefficient (Wildman–Crippen LogP) is 5.54. The molecule has 5 nitrogen and oxygen atoms in total. The molecule has 0 amide bonds. The quantitative estimate of drug-likeness (QED) is 0.435. The molecule has 0 aliphatic heterocycles. The topological polar surface area (TPSA) is 54.0 Å². The van der Waals surface area contributed by atoms with Crippen LogP contribution in [-0.2, 0) is 4.79 Å². The number of hydrogen-bond donors (Lipinski definition) is 0. The van der Waals surface area contributed by atoms with Crippen LogP contribution >= 0.6 is 31.9 Å². The van der Waals surface area contributed by atoms with Crippen LogP contribution in [0.2, 0.25) is 0 Å². The van der Waals surface area contributed by atoms with Crippen LogP contribution < -0.4 is 18.9 Å². The molecule has 0 saturated heterocycles. The summed E-state index contributed by atoms with van der Waals surface area (Å²) in [4.78, 5) is 12.3. The summed E-state index contributed by atoms with van der Waals surface area (Å²) in [6.07, 6.45) is 6.39. The fraction of sp³-hybridized carbons (Fsp3) is 0.190. The molecule has 0 heterocycles. The van der Waals surface area contributed by atoms with Crippen molar-refractivity contribution in [1.29, 1.82) is 0 Å². The zero-order chi connectivity index (χ0) is 20.7. The summed E-state index contributed by atoms with van der Waals surface area (Å²) < 4.78 is 22.7. The number of ketones is 1. The van der Waals surface area contributed by atoms with Gasteiger partial charge in [0.1, 0.15) is 0 Å². The van der Waals surface area contributed by atoms with Crippen molar-refractivity contribution in [2.45, 2.75) is 0 Å². The molecule has 2 rings (SSSR count). The summed E-state index contributed by atoms with van der Waals surface area (Å²) in [5.41, 5.74) is 1.60. The average molecular weight is 512 g/mol. The third-order valence-corrected chi connectivity index (χ3v) is 5.23. The Labute approximate surface area is 181 Å². The first-order chi connectivity index (χ1) is 13.4. The van der Waals surface area contributed by atoms with E-state index in [9.17, 15) is 4.79 Å². The van der Waals surface area contributed by atoms with Gasteiger partial charge in [-0.05, 0) is 59.7 Å². The lowest BCUT2D eigenvalue weighted by Crippen LogP contribution is -1.93. The van der Waals surface area contributed by atoms with Crippen molar-refractivity contribution >= 4 is 49.8 Å². The average Bonchev–Trinajstić information content (AvgIpc) is 2.71. The number of ether oxygens (including phenoxy) is 4. The van der Waals surface area contributed by atoms with E-state index < -0.39 is 0 Å². The molecule has 0 saturated carbocycles. The van der Waals surface area contributed by atoms with Gasteiger partial charge in [0.05, 0.1) is 28.4 Å². The molecule has 28 heavy (non-hydrogen) atoms. The molecule has 148 valence electrons. The van der Waals surface area contributed by atoms with Crippen molar-refractivity contribution in [3.8, 4) is 23.0 Å². The molecule has 0 atom stereocenters. The fourth-order valence-corrected chi connectivity index (χ4v) is 3.30. The summed E-state index contributed by atoms with van der Waals surface area (Å²) in [6.45, 7) is 0. The molecule has 0 aliphatic rings. The van der Waals surface area contributed by atoms with Crippen molar-refractivity contribution in [2.24, 2.45) is 0 Å². The lowest BCUT2D eigenvalue weighted by molar-refractivity contribution is -0.110. The van der Waals surface area contributed by atoms with Crippen LogP contribution in [-0.4, -0.2) is 34.2 Å². The Morgan fingerprint density at radius 1 is 0.679 bits per heavy atom. The number of methoxy groups -OCH3 is 4. The maximum Gasteiger partial charge on any atom is 0.178 e. The van der Waals surface area contributed by atoms with E-state index in [0.717, 1.165) is 20.1 Å². The van der Waals surface area contributed by atoms with Crippen molar-refractivity contribution < 1.29 is 23.7 Å². The Balaban J connectivity index is 2.20. The smallest absolute Gasteiger partial charge is 0.178 e. The van der Waals surface area contributed by atoms with E-state index in [1.54, 1.807) is 64.9 Å². The van der Waals surface area contributed by atoms with Gasteiger partial charge in [0.25, 0.3) is 0 Å².